The third-order valence-electron chi connectivity index (χ3n) is 4.20. The number of nitrogens with one attached hydrogen (secondary N) is 1. The van der Waals surface area contributed by atoms with Gasteiger partial charge in [0.1, 0.15) is 17.3 Å². The van der Waals surface area contributed by atoms with Gasteiger partial charge in [-0.15, -0.1) is 0 Å². The summed E-state index contributed by atoms with van der Waals surface area (Å²) in [5.74, 6) is 2.30. The molecule has 0 bridgehead atoms. The van der Waals surface area contributed by atoms with Crippen LogP contribution in [0.5, 0.6) is 0 Å². The fourth-order valence-electron chi connectivity index (χ4n) is 2.89. The largest absolute Gasteiger partial charge is 0.367 e. The lowest BCUT2D eigenvalue weighted by atomic mass is 10.0. The van der Waals surface area contributed by atoms with Gasteiger partial charge in [-0.05, 0) is 32.1 Å². The van der Waals surface area contributed by atoms with Crippen LogP contribution in [0.25, 0.3) is 5.78 Å². The van der Waals surface area contributed by atoms with E-state index in [-0.39, 0.29) is 0 Å². The summed E-state index contributed by atoms with van der Waals surface area (Å²) in [5.41, 5.74) is 0.932. The molecule has 0 aromatic carbocycles. The monoisotopic (exact) mass is 293 g/mol. The molecule has 1 N–H and O–H groups in total. The molecule has 20 heavy (non-hydrogen) atoms. The SMILES string of the molecule is Cc1c(Cl)nc2ncnn2c1NC1CCCC(C)CC1. The second-order valence-corrected chi connectivity index (χ2v) is 6.16. The molecule has 2 heterocycles. The van der Waals surface area contributed by atoms with E-state index in [1.54, 1.807) is 4.52 Å². The van der Waals surface area contributed by atoms with E-state index in [9.17, 15) is 0 Å². The fourth-order valence-corrected chi connectivity index (χ4v) is 3.06. The maximum atomic E-state index is 6.19. The van der Waals surface area contributed by atoms with Gasteiger partial charge >= 0.3 is 0 Å². The molecule has 0 aliphatic heterocycles. The van der Waals surface area contributed by atoms with Crippen molar-refractivity contribution < 1.29 is 0 Å². The van der Waals surface area contributed by atoms with Crippen LogP contribution in [0.3, 0.4) is 0 Å². The van der Waals surface area contributed by atoms with Gasteiger partial charge in [0.05, 0.1) is 0 Å². The van der Waals surface area contributed by atoms with Crippen LogP contribution in [0.2, 0.25) is 5.15 Å². The minimum Gasteiger partial charge on any atom is -0.367 e. The van der Waals surface area contributed by atoms with Gasteiger partial charge in [0, 0.05) is 11.6 Å². The first-order valence-electron chi connectivity index (χ1n) is 7.27. The summed E-state index contributed by atoms with van der Waals surface area (Å²) in [6, 6.07) is 0.476. The van der Waals surface area contributed by atoms with Gasteiger partial charge < -0.3 is 5.32 Å². The lowest BCUT2D eigenvalue weighted by molar-refractivity contribution is 0.501. The minimum absolute atomic E-state index is 0.476. The van der Waals surface area contributed by atoms with E-state index in [0.717, 1.165) is 17.3 Å². The molecule has 0 spiro atoms. The van der Waals surface area contributed by atoms with Crippen LogP contribution in [0.4, 0.5) is 5.82 Å². The minimum atomic E-state index is 0.476. The van der Waals surface area contributed by atoms with Crippen LogP contribution in [-0.2, 0) is 0 Å². The number of fused-ring (bicyclic) bond motifs is 1. The Kier molecular flexibility index (Phi) is 3.78. The van der Waals surface area contributed by atoms with Crippen LogP contribution in [0, 0.1) is 12.8 Å². The summed E-state index contributed by atoms with van der Waals surface area (Å²) >= 11 is 6.19. The standard InChI is InChI=1S/C14H20ClN5/c1-9-4-3-5-11(7-6-9)18-13-10(2)12(15)19-14-16-8-17-20(13)14/h8-9,11,18H,3-7H2,1-2H3. The number of hydrogen-bond acceptors (Lipinski definition) is 4. The summed E-state index contributed by atoms with van der Waals surface area (Å²) in [6.07, 6.45) is 7.77. The Bertz CT molecular complexity index is 609. The van der Waals surface area contributed by atoms with E-state index in [1.165, 1.54) is 38.4 Å². The van der Waals surface area contributed by atoms with Crippen LogP contribution in [-0.4, -0.2) is 25.6 Å². The Labute approximate surface area is 123 Å². The second kappa shape index (κ2) is 5.56. The maximum Gasteiger partial charge on any atom is 0.255 e. The molecule has 1 fully saturated rings. The van der Waals surface area contributed by atoms with Crippen LogP contribution >= 0.6 is 11.6 Å². The molecule has 6 heteroatoms. The molecule has 0 radical (unpaired) electrons. The third-order valence-corrected chi connectivity index (χ3v) is 4.57. The van der Waals surface area contributed by atoms with E-state index in [2.05, 4.69) is 27.3 Å². The van der Waals surface area contributed by atoms with E-state index in [4.69, 9.17) is 11.6 Å². The summed E-state index contributed by atoms with van der Waals surface area (Å²) in [7, 11) is 0. The molecule has 2 aromatic heterocycles. The Hall–Kier alpha value is -1.36. The number of hydrogen-bond donors (Lipinski definition) is 1. The van der Waals surface area contributed by atoms with Crippen LogP contribution < -0.4 is 5.32 Å². The molecular weight excluding hydrogens is 274 g/mol. The lowest BCUT2D eigenvalue weighted by Crippen LogP contribution is -2.21. The smallest absolute Gasteiger partial charge is 0.255 e. The molecule has 2 aromatic rings. The van der Waals surface area contributed by atoms with Gasteiger partial charge in [0.2, 0.25) is 0 Å². The number of nitrogens with zero attached hydrogens (tertiary/aromatic N) is 4. The van der Waals surface area contributed by atoms with E-state index >= 15 is 0 Å². The number of halogens is 1. The predicted octanol–water partition coefficient (Wildman–Crippen LogP) is 3.47. The van der Waals surface area contributed by atoms with Gasteiger partial charge in [-0.1, -0.05) is 31.4 Å². The summed E-state index contributed by atoms with van der Waals surface area (Å²) in [4.78, 5) is 8.36. The third kappa shape index (κ3) is 2.59. The molecule has 1 saturated carbocycles. The number of rotatable bonds is 2. The Morgan fingerprint density at radius 1 is 1.30 bits per heavy atom. The molecule has 2 unspecified atom stereocenters. The first-order valence-corrected chi connectivity index (χ1v) is 7.65. The molecule has 0 amide bonds. The van der Waals surface area contributed by atoms with Gasteiger partial charge in [0.15, 0.2) is 0 Å². The highest BCUT2D eigenvalue weighted by atomic mass is 35.5. The molecule has 1 aliphatic carbocycles. The zero-order chi connectivity index (χ0) is 14.1. The van der Waals surface area contributed by atoms with Crippen LogP contribution in [0.15, 0.2) is 6.33 Å². The zero-order valence-corrected chi connectivity index (χ0v) is 12.7. The molecule has 1 aliphatic rings. The molecule has 108 valence electrons. The highest BCUT2D eigenvalue weighted by Crippen LogP contribution is 2.28. The van der Waals surface area contributed by atoms with Crippen molar-refractivity contribution in [2.24, 2.45) is 5.92 Å². The van der Waals surface area contributed by atoms with Crippen LogP contribution in [0.1, 0.15) is 44.6 Å². The van der Waals surface area contributed by atoms with Crippen molar-refractivity contribution in [3.8, 4) is 0 Å². The molecule has 5 nitrogen and oxygen atoms in total. The average molecular weight is 294 g/mol. The van der Waals surface area contributed by atoms with Crippen molar-refractivity contribution in [1.82, 2.24) is 19.6 Å². The van der Waals surface area contributed by atoms with E-state index in [0.29, 0.717) is 17.0 Å². The number of aromatic nitrogens is 4. The van der Waals surface area contributed by atoms with E-state index < -0.39 is 0 Å². The maximum absolute atomic E-state index is 6.19. The van der Waals surface area contributed by atoms with Gasteiger partial charge in [-0.3, -0.25) is 0 Å². The van der Waals surface area contributed by atoms with Crippen molar-refractivity contribution in [3.63, 3.8) is 0 Å². The summed E-state index contributed by atoms with van der Waals surface area (Å²) in [5, 5.41) is 8.36. The lowest BCUT2D eigenvalue weighted by Gasteiger charge is -2.20. The Morgan fingerprint density at radius 2 is 2.15 bits per heavy atom. The quantitative estimate of drug-likeness (QED) is 0.680. The first-order chi connectivity index (χ1) is 9.65. The van der Waals surface area contributed by atoms with Crippen molar-refractivity contribution in [3.05, 3.63) is 17.0 Å². The normalized spacial score (nSPS) is 23.8. The Morgan fingerprint density at radius 3 is 3.00 bits per heavy atom. The summed E-state index contributed by atoms with van der Waals surface area (Å²) in [6.45, 7) is 4.31. The van der Waals surface area contributed by atoms with Crippen molar-refractivity contribution >= 4 is 23.2 Å². The predicted molar refractivity (Wildman–Crippen MR) is 80.2 cm³/mol. The van der Waals surface area contributed by atoms with Gasteiger partial charge in [0.25, 0.3) is 5.78 Å². The Balaban J connectivity index is 1.89. The fraction of sp³-hybridized carbons (Fsp3) is 0.643. The van der Waals surface area contributed by atoms with Crippen molar-refractivity contribution in [2.45, 2.75) is 52.0 Å². The van der Waals surface area contributed by atoms with Gasteiger partial charge in [-0.2, -0.15) is 19.6 Å². The second-order valence-electron chi connectivity index (χ2n) is 5.80. The topological polar surface area (TPSA) is 55.1 Å². The first kappa shape index (κ1) is 13.6. The van der Waals surface area contributed by atoms with Crippen molar-refractivity contribution in [2.75, 3.05) is 5.32 Å². The highest BCUT2D eigenvalue weighted by molar-refractivity contribution is 6.30. The molecule has 3 rings (SSSR count). The van der Waals surface area contributed by atoms with Gasteiger partial charge in [-0.25, -0.2) is 0 Å². The molecule has 2 atom stereocenters. The average Bonchev–Trinajstić information content (AvgIpc) is 2.78. The molecule has 0 saturated heterocycles. The van der Waals surface area contributed by atoms with E-state index in [1.807, 2.05) is 6.92 Å². The summed E-state index contributed by atoms with van der Waals surface area (Å²) < 4.78 is 1.75. The van der Waals surface area contributed by atoms with Crippen molar-refractivity contribution in [1.29, 1.82) is 0 Å². The molecular formula is C14H20ClN5. The number of anilines is 1. The zero-order valence-electron chi connectivity index (χ0n) is 11.9. The highest BCUT2D eigenvalue weighted by Gasteiger charge is 2.19.